The van der Waals surface area contributed by atoms with Gasteiger partial charge >= 0.3 is 0 Å². The number of anilines is 1. The maximum atomic E-state index is 4.95. The van der Waals surface area contributed by atoms with Crippen molar-refractivity contribution >= 4 is 16.5 Å². The van der Waals surface area contributed by atoms with E-state index < -0.39 is 0 Å². The first-order valence-electron chi connectivity index (χ1n) is 8.17. The van der Waals surface area contributed by atoms with E-state index in [1.165, 1.54) is 22.1 Å². The minimum Gasteiger partial charge on any atom is -0.346 e. The summed E-state index contributed by atoms with van der Waals surface area (Å²) in [5.74, 6) is 0.704. The molecule has 0 bridgehead atoms. The molecule has 2 rings (SSSR count). The summed E-state index contributed by atoms with van der Waals surface area (Å²) in [7, 11) is 4.37. The molecule has 5 heteroatoms. The van der Waals surface area contributed by atoms with Gasteiger partial charge in [0.1, 0.15) is 0 Å². The quantitative estimate of drug-likeness (QED) is 0.839. The van der Waals surface area contributed by atoms with Gasteiger partial charge in [0.2, 0.25) is 0 Å². The zero-order valence-corrected chi connectivity index (χ0v) is 15.0. The number of likely N-dealkylation sites (N-methyl/N-ethyl adjacent to an activating group) is 1. The number of hydrogen-bond donors (Lipinski definition) is 1. The van der Waals surface area contributed by atoms with Crippen molar-refractivity contribution in [3.63, 3.8) is 0 Å². The highest BCUT2D eigenvalue weighted by Gasteiger charge is 2.32. The molecule has 0 amide bonds. The maximum absolute atomic E-state index is 4.95. The van der Waals surface area contributed by atoms with Gasteiger partial charge in [-0.3, -0.25) is 0 Å². The van der Waals surface area contributed by atoms with Crippen LogP contribution in [0.3, 0.4) is 0 Å². The Bertz CT molecular complexity index is 443. The number of nitrogens with zero attached hydrogens (tertiary/aromatic N) is 3. The third-order valence-corrected chi connectivity index (χ3v) is 5.45. The first kappa shape index (κ1) is 16.7. The fourth-order valence-corrected chi connectivity index (χ4v) is 4.19. The van der Waals surface area contributed by atoms with Crippen LogP contribution in [0.15, 0.2) is 0 Å². The molecule has 21 heavy (non-hydrogen) atoms. The Labute approximate surface area is 133 Å². The van der Waals surface area contributed by atoms with E-state index in [4.69, 9.17) is 4.98 Å². The lowest BCUT2D eigenvalue weighted by atomic mass is 10.1. The topological polar surface area (TPSA) is 31.4 Å². The van der Waals surface area contributed by atoms with Crippen molar-refractivity contribution < 1.29 is 0 Å². The molecule has 4 nitrogen and oxygen atoms in total. The van der Waals surface area contributed by atoms with E-state index in [2.05, 4.69) is 50.0 Å². The highest BCUT2D eigenvalue weighted by molar-refractivity contribution is 7.15. The van der Waals surface area contributed by atoms with Crippen LogP contribution in [-0.4, -0.2) is 49.7 Å². The van der Waals surface area contributed by atoms with Crippen LogP contribution in [0.1, 0.15) is 37.8 Å². The second kappa shape index (κ2) is 7.56. The van der Waals surface area contributed by atoms with Crippen LogP contribution in [0.5, 0.6) is 0 Å². The van der Waals surface area contributed by atoms with Crippen molar-refractivity contribution in [2.75, 3.05) is 38.6 Å². The number of hydrogen-bond acceptors (Lipinski definition) is 5. The molecule has 1 aromatic rings. The van der Waals surface area contributed by atoms with Crippen molar-refractivity contribution in [3.8, 4) is 0 Å². The Morgan fingerprint density at radius 3 is 2.67 bits per heavy atom. The van der Waals surface area contributed by atoms with Crippen molar-refractivity contribution in [2.24, 2.45) is 5.92 Å². The van der Waals surface area contributed by atoms with Crippen LogP contribution < -0.4 is 10.2 Å². The van der Waals surface area contributed by atoms with Crippen LogP contribution in [-0.2, 0) is 13.0 Å². The second-order valence-electron chi connectivity index (χ2n) is 6.31. The SMILES string of the molecule is CCCc1nc(N2CC(C)C(N(C)C)C2)sc1CNCC. The predicted octanol–water partition coefficient (Wildman–Crippen LogP) is 2.59. The summed E-state index contributed by atoms with van der Waals surface area (Å²) in [4.78, 5) is 11.2. The summed E-state index contributed by atoms with van der Waals surface area (Å²) in [6.07, 6.45) is 2.26. The third kappa shape index (κ3) is 3.96. The first-order valence-corrected chi connectivity index (χ1v) is 8.99. The van der Waals surface area contributed by atoms with E-state index >= 15 is 0 Å². The first-order chi connectivity index (χ1) is 10.1. The van der Waals surface area contributed by atoms with Crippen molar-refractivity contribution in [1.82, 2.24) is 15.2 Å². The average Bonchev–Trinajstić information content (AvgIpc) is 3.01. The van der Waals surface area contributed by atoms with Gasteiger partial charge in [-0.05, 0) is 33.0 Å². The number of rotatable bonds is 7. The van der Waals surface area contributed by atoms with Crippen molar-refractivity contribution in [3.05, 3.63) is 10.6 Å². The lowest BCUT2D eigenvalue weighted by Crippen LogP contribution is -2.34. The van der Waals surface area contributed by atoms with Gasteiger partial charge in [-0.2, -0.15) is 0 Å². The zero-order valence-electron chi connectivity index (χ0n) is 14.1. The zero-order chi connectivity index (χ0) is 15.4. The summed E-state index contributed by atoms with van der Waals surface area (Å²) in [5.41, 5.74) is 1.31. The maximum Gasteiger partial charge on any atom is 0.185 e. The van der Waals surface area contributed by atoms with Crippen molar-refractivity contribution in [2.45, 2.75) is 46.2 Å². The fourth-order valence-electron chi connectivity index (χ4n) is 3.09. The van der Waals surface area contributed by atoms with E-state index in [1.807, 2.05) is 11.3 Å². The summed E-state index contributed by atoms with van der Waals surface area (Å²) in [6.45, 7) is 11.0. The van der Waals surface area contributed by atoms with Gasteiger partial charge in [0.05, 0.1) is 5.69 Å². The minimum absolute atomic E-state index is 0.640. The molecule has 2 unspecified atom stereocenters. The molecule has 0 aliphatic carbocycles. The monoisotopic (exact) mass is 310 g/mol. The molecule has 0 radical (unpaired) electrons. The van der Waals surface area contributed by atoms with Crippen LogP contribution in [0, 0.1) is 5.92 Å². The van der Waals surface area contributed by atoms with Gasteiger partial charge in [0, 0.05) is 30.6 Å². The summed E-state index contributed by atoms with van der Waals surface area (Å²) >= 11 is 1.89. The largest absolute Gasteiger partial charge is 0.346 e. The van der Waals surface area contributed by atoms with E-state index in [1.54, 1.807) is 0 Å². The minimum atomic E-state index is 0.640. The smallest absolute Gasteiger partial charge is 0.185 e. The molecule has 1 aliphatic rings. The normalized spacial score (nSPS) is 22.5. The Kier molecular flexibility index (Phi) is 6.02. The number of thiazole rings is 1. The Hall–Kier alpha value is -0.650. The highest BCUT2D eigenvalue weighted by Crippen LogP contribution is 2.32. The van der Waals surface area contributed by atoms with Gasteiger partial charge in [0.15, 0.2) is 5.13 Å². The number of aryl methyl sites for hydroxylation is 1. The molecule has 1 N–H and O–H groups in total. The summed E-state index contributed by atoms with van der Waals surface area (Å²) < 4.78 is 0. The van der Waals surface area contributed by atoms with Crippen molar-refractivity contribution in [1.29, 1.82) is 0 Å². The Balaban J connectivity index is 2.13. The van der Waals surface area contributed by atoms with E-state index in [0.29, 0.717) is 12.0 Å². The van der Waals surface area contributed by atoms with Gasteiger partial charge < -0.3 is 15.1 Å². The third-order valence-electron chi connectivity index (χ3n) is 4.30. The molecule has 0 aromatic carbocycles. The van der Waals surface area contributed by atoms with Gasteiger partial charge in [-0.15, -0.1) is 11.3 Å². The molecular formula is C16H30N4S. The second-order valence-corrected chi connectivity index (χ2v) is 7.37. The van der Waals surface area contributed by atoms with E-state index in [-0.39, 0.29) is 0 Å². The number of aromatic nitrogens is 1. The molecule has 0 spiro atoms. The fraction of sp³-hybridized carbons (Fsp3) is 0.812. The molecular weight excluding hydrogens is 280 g/mol. The molecule has 1 saturated heterocycles. The predicted molar refractivity (Wildman–Crippen MR) is 92.3 cm³/mol. The van der Waals surface area contributed by atoms with Crippen LogP contribution >= 0.6 is 11.3 Å². The van der Waals surface area contributed by atoms with Gasteiger partial charge in [-0.1, -0.05) is 27.2 Å². The summed E-state index contributed by atoms with van der Waals surface area (Å²) in [6, 6.07) is 0.640. The molecule has 1 aromatic heterocycles. The van der Waals surface area contributed by atoms with Gasteiger partial charge in [-0.25, -0.2) is 4.98 Å². The van der Waals surface area contributed by atoms with Crippen LogP contribution in [0.2, 0.25) is 0 Å². The molecule has 2 atom stereocenters. The Morgan fingerprint density at radius 2 is 2.10 bits per heavy atom. The molecule has 2 heterocycles. The van der Waals surface area contributed by atoms with Gasteiger partial charge in [0.25, 0.3) is 0 Å². The highest BCUT2D eigenvalue weighted by atomic mass is 32.1. The Morgan fingerprint density at radius 1 is 1.33 bits per heavy atom. The molecule has 120 valence electrons. The molecule has 0 saturated carbocycles. The lowest BCUT2D eigenvalue weighted by molar-refractivity contribution is 0.266. The standard InChI is InChI=1S/C16H30N4S/c1-6-8-13-15(9-17-7-2)21-16(18-13)20-10-12(3)14(11-20)19(4)5/h12,14,17H,6-11H2,1-5H3. The number of nitrogens with one attached hydrogen (secondary N) is 1. The molecule has 1 fully saturated rings. The van der Waals surface area contributed by atoms with Crippen LogP contribution in [0.4, 0.5) is 5.13 Å². The average molecular weight is 311 g/mol. The van der Waals surface area contributed by atoms with Crippen LogP contribution in [0.25, 0.3) is 0 Å². The van der Waals surface area contributed by atoms with E-state index in [9.17, 15) is 0 Å². The lowest BCUT2D eigenvalue weighted by Gasteiger charge is -2.22. The summed E-state index contributed by atoms with van der Waals surface area (Å²) in [5, 5.41) is 4.67. The van der Waals surface area contributed by atoms with E-state index in [0.717, 1.165) is 32.6 Å². The molecule has 1 aliphatic heterocycles.